The number of anilines is 1. The number of nitrogens with one attached hydrogen (secondary N) is 1. The Labute approximate surface area is 249 Å². The van der Waals surface area contributed by atoms with Crippen molar-refractivity contribution in [1.82, 2.24) is 10.2 Å². The maximum absolute atomic E-state index is 15.0. The fourth-order valence-electron chi connectivity index (χ4n) is 4.99. The zero-order chi connectivity index (χ0) is 29.6. The molecule has 3 aromatic carbocycles. The first-order valence-corrected chi connectivity index (χ1v) is 16.0. The summed E-state index contributed by atoms with van der Waals surface area (Å²) >= 11 is 3.44. The number of carbonyl (C=O) groups excluding carboxylic acids is 2. The van der Waals surface area contributed by atoms with Crippen molar-refractivity contribution in [2.75, 3.05) is 10.8 Å². The highest BCUT2D eigenvalue weighted by Crippen LogP contribution is 2.27. The molecule has 0 unspecified atom stereocenters. The van der Waals surface area contributed by atoms with Gasteiger partial charge in [-0.25, -0.2) is 12.8 Å². The van der Waals surface area contributed by atoms with Crippen molar-refractivity contribution in [3.63, 3.8) is 0 Å². The average Bonchev–Trinajstić information content (AvgIpc) is 2.95. The lowest BCUT2D eigenvalue weighted by Gasteiger charge is -2.33. The first kappa shape index (κ1) is 30.7. The van der Waals surface area contributed by atoms with Crippen LogP contribution in [0.3, 0.4) is 0 Å². The van der Waals surface area contributed by atoms with Gasteiger partial charge in [-0.1, -0.05) is 77.2 Å². The van der Waals surface area contributed by atoms with Gasteiger partial charge in [0.1, 0.15) is 18.4 Å². The molecule has 1 atom stereocenters. The Kier molecular flexibility index (Phi) is 10.2. The van der Waals surface area contributed by atoms with Gasteiger partial charge in [0.05, 0.1) is 10.6 Å². The van der Waals surface area contributed by atoms with Crippen LogP contribution in [0, 0.1) is 12.7 Å². The highest BCUT2D eigenvalue weighted by molar-refractivity contribution is 9.10. The summed E-state index contributed by atoms with van der Waals surface area (Å²) in [4.78, 5) is 28.7. The first-order valence-electron chi connectivity index (χ1n) is 13.7. The molecule has 1 saturated carbocycles. The van der Waals surface area contributed by atoms with Gasteiger partial charge in [0.2, 0.25) is 11.8 Å². The van der Waals surface area contributed by atoms with Crippen LogP contribution in [0.2, 0.25) is 0 Å². The van der Waals surface area contributed by atoms with E-state index in [1.165, 1.54) is 35.2 Å². The van der Waals surface area contributed by atoms with Crippen LogP contribution in [0.5, 0.6) is 0 Å². The highest BCUT2D eigenvalue weighted by atomic mass is 79.9. The van der Waals surface area contributed by atoms with Gasteiger partial charge in [-0.05, 0) is 68.7 Å². The van der Waals surface area contributed by atoms with Crippen LogP contribution in [0.25, 0.3) is 0 Å². The maximum Gasteiger partial charge on any atom is 0.264 e. The van der Waals surface area contributed by atoms with Gasteiger partial charge >= 0.3 is 0 Å². The minimum absolute atomic E-state index is 0.0401. The van der Waals surface area contributed by atoms with Crippen molar-refractivity contribution < 1.29 is 22.4 Å². The fourth-order valence-corrected chi connectivity index (χ4v) is 6.86. The largest absolute Gasteiger partial charge is 0.352 e. The van der Waals surface area contributed by atoms with E-state index in [2.05, 4.69) is 21.2 Å². The molecule has 2 amide bonds. The predicted octanol–water partition coefficient (Wildman–Crippen LogP) is 5.96. The van der Waals surface area contributed by atoms with Crippen LogP contribution in [0.1, 0.15) is 50.2 Å². The Morgan fingerprint density at radius 1 is 1.00 bits per heavy atom. The van der Waals surface area contributed by atoms with Gasteiger partial charge in [0.25, 0.3) is 10.0 Å². The molecule has 218 valence electrons. The number of nitrogens with zero attached hydrogens (tertiary/aromatic N) is 2. The minimum Gasteiger partial charge on any atom is -0.352 e. The van der Waals surface area contributed by atoms with Gasteiger partial charge in [0.15, 0.2) is 0 Å². The molecule has 1 aliphatic carbocycles. The van der Waals surface area contributed by atoms with Gasteiger partial charge < -0.3 is 10.2 Å². The van der Waals surface area contributed by atoms with E-state index in [1.54, 1.807) is 19.1 Å². The number of carbonyl (C=O) groups is 2. The molecule has 1 fully saturated rings. The van der Waals surface area contributed by atoms with Crippen LogP contribution in [0.4, 0.5) is 10.1 Å². The normalized spacial score (nSPS) is 14.7. The zero-order valence-electron chi connectivity index (χ0n) is 23.2. The predicted molar refractivity (Wildman–Crippen MR) is 161 cm³/mol. The van der Waals surface area contributed by atoms with Crippen LogP contribution < -0.4 is 9.62 Å². The van der Waals surface area contributed by atoms with Crippen molar-refractivity contribution in [1.29, 1.82) is 0 Å². The molecule has 0 radical (unpaired) electrons. The summed E-state index contributed by atoms with van der Waals surface area (Å²) in [5.41, 5.74) is 1.36. The lowest BCUT2D eigenvalue weighted by atomic mass is 9.95. The third-order valence-electron chi connectivity index (χ3n) is 7.37. The van der Waals surface area contributed by atoms with Crippen LogP contribution in [-0.4, -0.2) is 43.8 Å². The SMILES string of the molecule is Cc1ccc(S(=O)(=O)N(CC(=O)N(Cc2cccc(Br)c2)[C@@H](C)C(=O)NC2CCCCC2)c2ccccc2F)cc1. The van der Waals surface area contributed by atoms with Crippen molar-refractivity contribution >= 4 is 43.5 Å². The Morgan fingerprint density at radius 2 is 1.68 bits per heavy atom. The summed E-state index contributed by atoms with van der Waals surface area (Å²) in [6.07, 6.45) is 4.97. The second-order valence-electron chi connectivity index (χ2n) is 10.4. The monoisotopic (exact) mass is 643 g/mol. The number of benzene rings is 3. The Balaban J connectivity index is 1.68. The lowest BCUT2D eigenvalue weighted by molar-refractivity contribution is -0.139. The topological polar surface area (TPSA) is 86.8 Å². The molecule has 41 heavy (non-hydrogen) atoms. The van der Waals surface area contributed by atoms with E-state index in [1.807, 2.05) is 31.2 Å². The van der Waals surface area contributed by atoms with E-state index in [-0.39, 0.29) is 29.1 Å². The van der Waals surface area contributed by atoms with Crippen LogP contribution in [-0.2, 0) is 26.2 Å². The van der Waals surface area contributed by atoms with E-state index in [0.29, 0.717) is 0 Å². The number of aryl methyl sites for hydroxylation is 1. The van der Waals surface area contributed by atoms with Crippen molar-refractivity contribution in [2.45, 2.75) is 69.5 Å². The minimum atomic E-state index is -4.33. The third-order valence-corrected chi connectivity index (χ3v) is 9.64. The molecule has 1 aliphatic rings. The number of rotatable bonds is 10. The van der Waals surface area contributed by atoms with E-state index in [9.17, 15) is 18.0 Å². The smallest absolute Gasteiger partial charge is 0.264 e. The van der Waals surface area contributed by atoms with Crippen molar-refractivity contribution in [3.05, 3.63) is 94.2 Å². The molecule has 10 heteroatoms. The molecule has 0 aromatic heterocycles. The molecule has 1 N–H and O–H groups in total. The molecule has 0 aliphatic heterocycles. The number of amides is 2. The highest BCUT2D eigenvalue weighted by Gasteiger charge is 2.34. The average molecular weight is 645 g/mol. The fraction of sp³-hybridized carbons (Fsp3) is 0.355. The second kappa shape index (κ2) is 13.6. The van der Waals surface area contributed by atoms with Gasteiger partial charge in [-0.15, -0.1) is 0 Å². The quantitative estimate of drug-likeness (QED) is 0.295. The van der Waals surface area contributed by atoms with E-state index < -0.39 is 34.3 Å². The molecule has 0 saturated heterocycles. The molecule has 0 heterocycles. The number of hydrogen-bond acceptors (Lipinski definition) is 4. The van der Waals surface area contributed by atoms with Crippen LogP contribution >= 0.6 is 15.9 Å². The number of halogens is 2. The number of para-hydroxylation sites is 1. The number of hydrogen-bond donors (Lipinski definition) is 1. The lowest BCUT2D eigenvalue weighted by Crippen LogP contribution is -2.53. The Bertz CT molecular complexity index is 1480. The van der Waals surface area contributed by atoms with Gasteiger partial charge in [-0.3, -0.25) is 13.9 Å². The van der Waals surface area contributed by atoms with Crippen LogP contribution in [0.15, 0.2) is 82.2 Å². The third kappa shape index (κ3) is 7.74. The number of sulfonamides is 1. The summed E-state index contributed by atoms with van der Waals surface area (Å²) < 4.78 is 44.3. The van der Waals surface area contributed by atoms with Gasteiger partial charge in [-0.2, -0.15) is 0 Å². The summed E-state index contributed by atoms with van der Waals surface area (Å²) in [5.74, 6) is -1.72. The van der Waals surface area contributed by atoms with Crippen molar-refractivity contribution in [2.24, 2.45) is 0 Å². The summed E-state index contributed by atoms with van der Waals surface area (Å²) in [6.45, 7) is 2.84. The molecule has 0 bridgehead atoms. The van der Waals surface area contributed by atoms with Gasteiger partial charge in [0, 0.05) is 17.1 Å². The van der Waals surface area contributed by atoms with E-state index >= 15 is 4.39 Å². The summed E-state index contributed by atoms with van der Waals surface area (Å²) in [5, 5.41) is 3.07. The molecule has 4 rings (SSSR count). The van der Waals surface area contributed by atoms with Crippen molar-refractivity contribution in [3.8, 4) is 0 Å². The Morgan fingerprint density at radius 3 is 2.34 bits per heavy atom. The Hall–Kier alpha value is -3.24. The first-order chi connectivity index (χ1) is 19.6. The zero-order valence-corrected chi connectivity index (χ0v) is 25.6. The molecular weight excluding hydrogens is 609 g/mol. The molecular formula is C31H35BrFN3O4S. The molecule has 0 spiro atoms. The molecule has 3 aromatic rings. The summed E-state index contributed by atoms with van der Waals surface area (Å²) in [7, 11) is -4.33. The maximum atomic E-state index is 15.0. The second-order valence-corrected chi connectivity index (χ2v) is 13.2. The standard InChI is InChI=1S/C31H35BrFN3O4S/c1-22-15-17-27(18-16-22)41(39,40)36(29-14-7-6-13-28(29)33)21-30(37)35(20-24-9-8-10-25(32)19-24)23(2)31(38)34-26-11-4-3-5-12-26/h6-10,13-19,23,26H,3-5,11-12,20-21H2,1-2H3,(H,34,38)/t23-/m0/s1. The molecule has 7 nitrogen and oxygen atoms in total. The summed E-state index contributed by atoms with van der Waals surface area (Å²) in [6, 6.07) is 18.1. The van der Waals surface area contributed by atoms with E-state index in [4.69, 9.17) is 0 Å². The van der Waals surface area contributed by atoms with E-state index in [0.717, 1.165) is 58.1 Å².